The van der Waals surface area contributed by atoms with Gasteiger partial charge in [0.1, 0.15) is 12.1 Å². The molecule has 0 spiro atoms. The maximum atomic E-state index is 6.12. The Balaban J connectivity index is 1.52. The number of rotatable bonds is 11. The Bertz CT molecular complexity index is 909. The van der Waals surface area contributed by atoms with Crippen molar-refractivity contribution in [3.05, 3.63) is 48.6 Å². The highest BCUT2D eigenvalue weighted by Crippen LogP contribution is 2.26. The fourth-order valence-electron chi connectivity index (χ4n) is 3.59. The normalized spacial score (nSPS) is 14.2. The average molecular weight is 396 g/mol. The van der Waals surface area contributed by atoms with Crippen LogP contribution in [0.4, 0.5) is 0 Å². The first-order valence-corrected chi connectivity index (χ1v) is 10.5. The first kappa shape index (κ1) is 21.3. The van der Waals surface area contributed by atoms with Gasteiger partial charge in [0.25, 0.3) is 0 Å². The van der Waals surface area contributed by atoms with E-state index in [9.17, 15) is 0 Å². The maximum absolute atomic E-state index is 6.12. The number of ether oxygens (including phenoxy) is 1. The number of nitrogens with one attached hydrogen (secondary N) is 2. The van der Waals surface area contributed by atoms with E-state index in [4.69, 9.17) is 10.5 Å². The summed E-state index contributed by atoms with van der Waals surface area (Å²) in [6, 6.07) is 8.27. The Morgan fingerprint density at radius 2 is 2.07 bits per heavy atom. The minimum Gasteiger partial charge on any atom is -0.361 e. The van der Waals surface area contributed by atoms with E-state index < -0.39 is 6.23 Å². The molecule has 0 fully saturated rings. The summed E-state index contributed by atoms with van der Waals surface area (Å²) < 4.78 is 5.89. The van der Waals surface area contributed by atoms with E-state index in [-0.39, 0.29) is 6.10 Å². The number of hydrogen-bond donors (Lipinski definition) is 3. The predicted octanol–water partition coefficient (Wildman–Crippen LogP) is 4.38. The van der Waals surface area contributed by atoms with Crippen LogP contribution >= 0.6 is 0 Å². The van der Waals surface area contributed by atoms with Crippen LogP contribution in [0.5, 0.6) is 0 Å². The maximum Gasteiger partial charge on any atom is 0.130 e. The number of fused-ring (bicyclic) bond motifs is 1. The van der Waals surface area contributed by atoms with Crippen molar-refractivity contribution in [1.82, 2.24) is 19.9 Å². The fourth-order valence-corrected chi connectivity index (χ4v) is 3.59. The standard InChI is InChI=1S/C23H33N5O/c1-4-28(5-2)15-7-8-17(3)29-22(24)11-12-23-26-16-21(27-23)18-9-6-10-20-19(18)13-14-25-20/h6,9-14,16-17,22,25H,4-5,7-8,15,24H2,1-3H3,(H,26,27)/b12-11-. The molecule has 6 nitrogen and oxygen atoms in total. The van der Waals surface area contributed by atoms with Gasteiger partial charge in [-0.15, -0.1) is 0 Å². The summed E-state index contributed by atoms with van der Waals surface area (Å²) in [7, 11) is 0. The topological polar surface area (TPSA) is 83.0 Å². The minimum atomic E-state index is -0.444. The molecule has 0 amide bonds. The van der Waals surface area contributed by atoms with Crippen LogP contribution in [0.1, 0.15) is 39.4 Å². The van der Waals surface area contributed by atoms with Gasteiger partial charge in [0.2, 0.25) is 0 Å². The lowest BCUT2D eigenvalue weighted by Gasteiger charge is -2.20. The molecule has 0 aliphatic heterocycles. The number of imidazole rings is 1. The number of hydrogen-bond acceptors (Lipinski definition) is 4. The Kier molecular flexibility index (Phi) is 7.63. The Morgan fingerprint density at radius 3 is 2.86 bits per heavy atom. The molecule has 0 saturated carbocycles. The van der Waals surface area contributed by atoms with Crippen molar-refractivity contribution in [3.63, 3.8) is 0 Å². The monoisotopic (exact) mass is 395 g/mol. The zero-order valence-electron chi connectivity index (χ0n) is 17.7. The van der Waals surface area contributed by atoms with Crippen LogP contribution in [-0.2, 0) is 4.74 Å². The lowest BCUT2D eigenvalue weighted by molar-refractivity contribution is 0.0212. The lowest BCUT2D eigenvalue weighted by atomic mass is 10.1. The van der Waals surface area contributed by atoms with E-state index >= 15 is 0 Å². The summed E-state index contributed by atoms with van der Waals surface area (Å²) in [6.07, 6.45) is 9.33. The van der Waals surface area contributed by atoms with Gasteiger partial charge in [-0.25, -0.2) is 4.98 Å². The summed E-state index contributed by atoms with van der Waals surface area (Å²) in [5.41, 5.74) is 9.33. The largest absolute Gasteiger partial charge is 0.361 e. The third-order valence-electron chi connectivity index (χ3n) is 5.29. The van der Waals surface area contributed by atoms with Crippen LogP contribution < -0.4 is 5.73 Å². The summed E-state index contributed by atoms with van der Waals surface area (Å²) >= 11 is 0. The smallest absolute Gasteiger partial charge is 0.130 e. The number of nitrogens with zero attached hydrogens (tertiary/aromatic N) is 2. The van der Waals surface area contributed by atoms with Crippen LogP contribution in [0.25, 0.3) is 28.2 Å². The van der Waals surface area contributed by atoms with Gasteiger partial charge in [0.15, 0.2) is 0 Å². The van der Waals surface area contributed by atoms with E-state index in [0.29, 0.717) is 0 Å². The molecule has 2 heterocycles. The number of nitrogens with two attached hydrogens (primary N) is 1. The molecule has 156 valence electrons. The number of aromatic nitrogens is 3. The van der Waals surface area contributed by atoms with Crippen molar-refractivity contribution in [2.24, 2.45) is 5.73 Å². The number of benzene rings is 1. The fraction of sp³-hybridized carbons (Fsp3) is 0.435. The molecule has 6 heteroatoms. The lowest BCUT2D eigenvalue weighted by Crippen LogP contribution is -2.28. The summed E-state index contributed by atoms with van der Waals surface area (Å²) in [5.74, 6) is 0.765. The van der Waals surface area contributed by atoms with Crippen molar-refractivity contribution >= 4 is 17.0 Å². The highest BCUT2D eigenvalue weighted by atomic mass is 16.5. The van der Waals surface area contributed by atoms with Gasteiger partial charge >= 0.3 is 0 Å². The Hall–Kier alpha value is -2.41. The average Bonchev–Trinajstić information content (AvgIpc) is 3.38. The molecular weight excluding hydrogens is 362 g/mol. The van der Waals surface area contributed by atoms with E-state index in [1.807, 2.05) is 30.6 Å². The quantitative estimate of drug-likeness (QED) is 0.421. The molecule has 0 aliphatic carbocycles. The molecule has 3 aromatic rings. The van der Waals surface area contributed by atoms with Gasteiger partial charge in [0, 0.05) is 22.7 Å². The molecule has 1 aromatic carbocycles. The van der Waals surface area contributed by atoms with Crippen molar-refractivity contribution in [2.45, 2.75) is 45.9 Å². The highest BCUT2D eigenvalue weighted by molar-refractivity contribution is 5.94. The number of H-pyrrole nitrogens is 2. The summed E-state index contributed by atoms with van der Waals surface area (Å²) in [4.78, 5) is 13.5. The second kappa shape index (κ2) is 10.4. The molecule has 0 bridgehead atoms. The predicted molar refractivity (Wildman–Crippen MR) is 120 cm³/mol. The van der Waals surface area contributed by atoms with Gasteiger partial charge in [-0.05, 0) is 63.7 Å². The first-order chi connectivity index (χ1) is 14.1. The van der Waals surface area contributed by atoms with Crippen molar-refractivity contribution in [3.8, 4) is 11.3 Å². The second-order valence-corrected chi connectivity index (χ2v) is 7.37. The summed E-state index contributed by atoms with van der Waals surface area (Å²) in [5, 5.41) is 1.17. The minimum absolute atomic E-state index is 0.128. The molecule has 0 saturated heterocycles. The SMILES string of the molecule is CCN(CC)CCCC(C)OC(N)/C=C\c1ncc(-c2cccc3[nH]ccc23)[nH]1. The third kappa shape index (κ3) is 5.79. The van der Waals surface area contributed by atoms with Crippen molar-refractivity contribution in [2.75, 3.05) is 19.6 Å². The molecule has 0 aliphatic rings. The molecule has 29 heavy (non-hydrogen) atoms. The van der Waals surface area contributed by atoms with Crippen LogP contribution in [0.15, 0.2) is 42.7 Å². The van der Waals surface area contributed by atoms with Gasteiger partial charge < -0.3 is 25.3 Å². The van der Waals surface area contributed by atoms with Crippen molar-refractivity contribution in [1.29, 1.82) is 0 Å². The molecule has 2 unspecified atom stereocenters. The van der Waals surface area contributed by atoms with Crippen LogP contribution in [0, 0.1) is 0 Å². The molecule has 4 N–H and O–H groups in total. The zero-order chi connectivity index (χ0) is 20.6. The molecule has 2 aromatic heterocycles. The Morgan fingerprint density at radius 1 is 1.24 bits per heavy atom. The van der Waals surface area contributed by atoms with Crippen LogP contribution in [0.3, 0.4) is 0 Å². The van der Waals surface area contributed by atoms with Gasteiger partial charge in [-0.1, -0.05) is 26.0 Å². The van der Waals surface area contributed by atoms with Gasteiger partial charge in [0.05, 0.1) is 18.0 Å². The van der Waals surface area contributed by atoms with E-state index in [2.05, 4.69) is 58.8 Å². The van der Waals surface area contributed by atoms with Gasteiger partial charge in [-0.2, -0.15) is 0 Å². The molecular formula is C23H33N5O. The van der Waals surface area contributed by atoms with Crippen molar-refractivity contribution < 1.29 is 4.74 Å². The highest BCUT2D eigenvalue weighted by Gasteiger charge is 2.09. The Labute approximate surface area is 173 Å². The van der Waals surface area contributed by atoms with E-state index in [1.54, 1.807) is 0 Å². The summed E-state index contributed by atoms with van der Waals surface area (Å²) in [6.45, 7) is 9.77. The molecule has 3 rings (SSSR count). The van der Waals surface area contributed by atoms with Crippen LogP contribution in [0.2, 0.25) is 0 Å². The second-order valence-electron chi connectivity index (χ2n) is 7.37. The number of aromatic amines is 2. The van der Waals surface area contributed by atoms with E-state index in [1.165, 1.54) is 5.39 Å². The first-order valence-electron chi connectivity index (χ1n) is 10.5. The molecule has 0 radical (unpaired) electrons. The third-order valence-corrected chi connectivity index (χ3v) is 5.29. The van der Waals surface area contributed by atoms with E-state index in [0.717, 1.165) is 55.1 Å². The molecule has 2 atom stereocenters. The van der Waals surface area contributed by atoms with Crippen LogP contribution in [-0.4, -0.2) is 51.8 Å². The van der Waals surface area contributed by atoms with Gasteiger partial charge in [-0.3, -0.25) is 0 Å². The zero-order valence-corrected chi connectivity index (χ0v) is 17.7.